The van der Waals surface area contributed by atoms with Gasteiger partial charge in [-0.25, -0.2) is 9.78 Å². The zero-order chi connectivity index (χ0) is 13.4. The van der Waals surface area contributed by atoms with Gasteiger partial charge in [-0.15, -0.1) is 11.3 Å². The van der Waals surface area contributed by atoms with Crippen molar-refractivity contribution in [1.29, 1.82) is 0 Å². The third-order valence-electron chi connectivity index (χ3n) is 2.86. The van der Waals surface area contributed by atoms with Crippen LogP contribution in [0.1, 0.15) is 16.6 Å². The maximum atomic E-state index is 11.8. The highest BCUT2D eigenvalue weighted by Gasteiger charge is 2.16. The number of nitrogens with one attached hydrogen (secondary N) is 1. The molecule has 2 aromatic heterocycles. The molecule has 0 saturated carbocycles. The van der Waals surface area contributed by atoms with E-state index in [1.165, 1.54) is 11.3 Å². The number of benzene rings is 1. The first-order chi connectivity index (χ1) is 9.24. The summed E-state index contributed by atoms with van der Waals surface area (Å²) in [6, 6.07) is 3.73. The predicted molar refractivity (Wildman–Crippen MR) is 74.0 cm³/mol. The minimum Gasteiger partial charge on any atom is -0.494 e. The van der Waals surface area contributed by atoms with E-state index in [2.05, 4.69) is 9.97 Å². The number of carbonyl (C=O) groups is 1. The number of aromatic amines is 1. The molecule has 3 rings (SSSR count). The fourth-order valence-corrected chi connectivity index (χ4v) is 3.03. The lowest BCUT2D eigenvalue weighted by Crippen LogP contribution is -2.01. The summed E-state index contributed by atoms with van der Waals surface area (Å²) >= 11 is 1.38. The summed E-state index contributed by atoms with van der Waals surface area (Å²) in [6.45, 7) is 2.16. The highest BCUT2D eigenvalue weighted by molar-refractivity contribution is 7.20. The summed E-state index contributed by atoms with van der Waals surface area (Å²) in [5.74, 6) is 0.420. The maximum Gasteiger partial charge on any atom is 0.348 e. The van der Waals surface area contributed by atoms with E-state index in [9.17, 15) is 4.79 Å². The van der Waals surface area contributed by atoms with Crippen LogP contribution in [0.15, 0.2) is 18.5 Å². The molecule has 1 aromatic carbocycles. The largest absolute Gasteiger partial charge is 0.494 e. The third-order valence-corrected chi connectivity index (χ3v) is 3.92. The number of thiophene rings is 1. The second-order valence-electron chi connectivity index (χ2n) is 3.95. The van der Waals surface area contributed by atoms with Crippen LogP contribution in [0.2, 0.25) is 0 Å². The monoisotopic (exact) mass is 276 g/mol. The third kappa shape index (κ3) is 1.84. The van der Waals surface area contributed by atoms with Crippen LogP contribution in [0, 0.1) is 0 Å². The van der Waals surface area contributed by atoms with Gasteiger partial charge in [0.25, 0.3) is 0 Å². The molecule has 0 saturated heterocycles. The summed E-state index contributed by atoms with van der Waals surface area (Å²) < 4.78 is 11.3. The second kappa shape index (κ2) is 4.55. The van der Waals surface area contributed by atoms with Crippen molar-refractivity contribution in [2.24, 2.45) is 0 Å². The van der Waals surface area contributed by atoms with Gasteiger partial charge in [-0.05, 0) is 13.0 Å². The molecule has 0 spiro atoms. The Kier molecular flexibility index (Phi) is 2.87. The van der Waals surface area contributed by atoms with Gasteiger partial charge in [0.15, 0.2) is 0 Å². The number of esters is 1. The van der Waals surface area contributed by atoms with E-state index >= 15 is 0 Å². The molecule has 0 aliphatic rings. The number of hydrogen-bond donors (Lipinski definition) is 1. The van der Waals surface area contributed by atoms with Crippen LogP contribution in [-0.2, 0) is 4.74 Å². The number of rotatable bonds is 3. The minimum atomic E-state index is -0.300. The Morgan fingerprint density at radius 2 is 2.32 bits per heavy atom. The van der Waals surface area contributed by atoms with Gasteiger partial charge < -0.3 is 14.5 Å². The van der Waals surface area contributed by atoms with Crippen LogP contribution in [0.4, 0.5) is 0 Å². The van der Waals surface area contributed by atoms with Crippen molar-refractivity contribution in [1.82, 2.24) is 9.97 Å². The summed E-state index contributed by atoms with van der Waals surface area (Å²) in [4.78, 5) is 19.7. The molecule has 0 unspecified atom stereocenters. The van der Waals surface area contributed by atoms with Gasteiger partial charge in [-0.3, -0.25) is 0 Å². The lowest BCUT2D eigenvalue weighted by molar-refractivity contribution is 0.0532. The van der Waals surface area contributed by atoms with Gasteiger partial charge in [0.2, 0.25) is 0 Å². The molecule has 0 radical (unpaired) electrons. The van der Waals surface area contributed by atoms with Crippen LogP contribution in [0.5, 0.6) is 5.75 Å². The Morgan fingerprint density at radius 1 is 1.47 bits per heavy atom. The van der Waals surface area contributed by atoms with E-state index in [0.717, 1.165) is 26.9 Å². The van der Waals surface area contributed by atoms with E-state index < -0.39 is 0 Å². The molecule has 5 nitrogen and oxygen atoms in total. The predicted octanol–water partition coefficient (Wildman–Crippen LogP) is 2.96. The first-order valence-corrected chi connectivity index (χ1v) is 6.67. The van der Waals surface area contributed by atoms with Gasteiger partial charge in [-0.2, -0.15) is 0 Å². The zero-order valence-electron chi connectivity index (χ0n) is 10.5. The number of fused-ring (bicyclic) bond motifs is 3. The Bertz CT molecular complexity index is 760. The van der Waals surface area contributed by atoms with E-state index in [1.807, 2.05) is 12.1 Å². The number of aromatic nitrogens is 2. The molecule has 0 bridgehead atoms. The second-order valence-corrected chi connectivity index (χ2v) is 5.03. The molecule has 0 aliphatic heterocycles. The first kappa shape index (κ1) is 12.0. The lowest BCUT2D eigenvalue weighted by Gasteiger charge is -2.01. The lowest BCUT2D eigenvalue weighted by atomic mass is 10.2. The average molecular weight is 276 g/mol. The average Bonchev–Trinajstić information content (AvgIpc) is 3.03. The fourth-order valence-electron chi connectivity index (χ4n) is 2.04. The quantitative estimate of drug-likeness (QED) is 0.747. The van der Waals surface area contributed by atoms with Gasteiger partial charge in [0.1, 0.15) is 21.7 Å². The summed E-state index contributed by atoms with van der Waals surface area (Å²) in [5.41, 5.74) is 1.64. The van der Waals surface area contributed by atoms with Crippen LogP contribution >= 0.6 is 11.3 Å². The normalized spacial score (nSPS) is 11.1. The maximum absolute atomic E-state index is 11.8. The molecule has 2 heterocycles. The van der Waals surface area contributed by atoms with Gasteiger partial charge in [-0.1, -0.05) is 0 Å². The molecule has 0 atom stereocenters. The van der Waals surface area contributed by atoms with Crippen molar-refractivity contribution < 1.29 is 14.3 Å². The smallest absolute Gasteiger partial charge is 0.348 e. The molecule has 19 heavy (non-hydrogen) atoms. The standard InChI is InChI=1S/C13H12N2O3S/c1-3-18-13(16)10-4-7-9(19-10)5-8(17-2)12-11(7)14-6-15-12/h4-6H,3H2,1-2H3,(H,14,15). The van der Waals surface area contributed by atoms with Crippen molar-refractivity contribution in [2.45, 2.75) is 6.92 Å². The fraction of sp³-hybridized carbons (Fsp3) is 0.231. The zero-order valence-corrected chi connectivity index (χ0v) is 11.3. The summed E-state index contributed by atoms with van der Waals surface area (Å²) in [7, 11) is 1.61. The Balaban J connectivity index is 2.24. The van der Waals surface area contributed by atoms with E-state index in [-0.39, 0.29) is 5.97 Å². The van der Waals surface area contributed by atoms with Crippen molar-refractivity contribution in [3.63, 3.8) is 0 Å². The molecular formula is C13H12N2O3S. The Hall–Kier alpha value is -2.08. The number of hydrogen-bond acceptors (Lipinski definition) is 5. The SMILES string of the molecule is CCOC(=O)c1cc2c(cc(OC)c3[nH]cnc32)s1. The molecule has 3 aromatic rings. The topological polar surface area (TPSA) is 64.2 Å². The highest BCUT2D eigenvalue weighted by Crippen LogP contribution is 2.36. The summed E-state index contributed by atoms with van der Waals surface area (Å²) in [5, 5.41) is 0.935. The number of nitrogens with zero attached hydrogens (tertiary/aromatic N) is 1. The van der Waals surface area contributed by atoms with Crippen LogP contribution in [0.3, 0.4) is 0 Å². The number of carbonyl (C=O) groups excluding carboxylic acids is 1. The van der Waals surface area contributed by atoms with Gasteiger partial charge >= 0.3 is 5.97 Å². The molecule has 98 valence electrons. The van der Waals surface area contributed by atoms with Crippen molar-refractivity contribution in [3.05, 3.63) is 23.3 Å². The molecule has 0 amide bonds. The molecule has 0 fully saturated rings. The van der Waals surface area contributed by atoms with Crippen LogP contribution in [0.25, 0.3) is 21.1 Å². The van der Waals surface area contributed by atoms with Gasteiger partial charge in [0, 0.05) is 16.2 Å². The van der Waals surface area contributed by atoms with Crippen molar-refractivity contribution >= 4 is 38.4 Å². The van der Waals surface area contributed by atoms with Crippen molar-refractivity contribution in [2.75, 3.05) is 13.7 Å². The van der Waals surface area contributed by atoms with E-state index in [1.54, 1.807) is 20.4 Å². The Labute approximate surface area is 113 Å². The highest BCUT2D eigenvalue weighted by atomic mass is 32.1. The number of imidazole rings is 1. The van der Waals surface area contributed by atoms with Crippen LogP contribution < -0.4 is 4.74 Å². The van der Waals surface area contributed by atoms with Crippen molar-refractivity contribution in [3.8, 4) is 5.75 Å². The van der Waals surface area contributed by atoms with Crippen LogP contribution in [-0.4, -0.2) is 29.7 Å². The minimum absolute atomic E-state index is 0.300. The number of ether oxygens (including phenoxy) is 2. The van der Waals surface area contributed by atoms with Gasteiger partial charge in [0.05, 0.1) is 20.0 Å². The molecule has 1 N–H and O–H groups in total. The first-order valence-electron chi connectivity index (χ1n) is 5.85. The number of methoxy groups -OCH3 is 1. The Morgan fingerprint density at radius 3 is 3.05 bits per heavy atom. The number of H-pyrrole nitrogens is 1. The molecule has 0 aliphatic carbocycles. The molecular weight excluding hydrogens is 264 g/mol. The molecule has 6 heteroatoms. The van der Waals surface area contributed by atoms with E-state index in [4.69, 9.17) is 9.47 Å². The van der Waals surface area contributed by atoms with E-state index in [0.29, 0.717) is 11.5 Å². The summed E-state index contributed by atoms with van der Waals surface area (Å²) in [6.07, 6.45) is 1.62.